The average molecular weight is 493 g/mol. The molecule has 36 heavy (non-hydrogen) atoms. The number of aliphatic carboxylic acids is 1. The van der Waals surface area contributed by atoms with E-state index >= 15 is 0 Å². The molecule has 0 aliphatic carbocycles. The van der Waals surface area contributed by atoms with Crippen molar-refractivity contribution in [3.05, 3.63) is 84.2 Å². The fourth-order valence-electron chi connectivity index (χ4n) is 4.02. The van der Waals surface area contributed by atoms with E-state index in [9.17, 15) is 9.18 Å². The topological polar surface area (TPSA) is 74.2 Å². The first-order chi connectivity index (χ1) is 17.4. The highest BCUT2D eigenvalue weighted by Gasteiger charge is 2.20. The lowest BCUT2D eigenvalue weighted by atomic mass is 10.0. The summed E-state index contributed by atoms with van der Waals surface area (Å²) >= 11 is 0. The molecule has 1 aliphatic rings. The third-order valence-electron chi connectivity index (χ3n) is 5.92. The lowest BCUT2D eigenvalue weighted by Gasteiger charge is -2.25. The highest BCUT2D eigenvalue weighted by molar-refractivity contribution is 5.83. The van der Waals surface area contributed by atoms with Gasteiger partial charge in [0.05, 0.1) is 20.1 Å². The minimum absolute atomic E-state index is 0.143. The third kappa shape index (κ3) is 6.43. The van der Waals surface area contributed by atoms with Gasteiger partial charge in [0.1, 0.15) is 29.7 Å². The summed E-state index contributed by atoms with van der Waals surface area (Å²) in [5, 5.41) is 9.02. The average Bonchev–Trinajstić information content (AvgIpc) is 2.88. The molecule has 7 heteroatoms. The molecule has 1 unspecified atom stereocenters. The smallest absolute Gasteiger partial charge is 0.307 e. The second-order valence-corrected chi connectivity index (χ2v) is 8.58. The van der Waals surface area contributed by atoms with Crippen LogP contribution < -0.4 is 14.2 Å². The van der Waals surface area contributed by atoms with Gasteiger partial charge in [-0.05, 0) is 65.9 Å². The zero-order valence-electron chi connectivity index (χ0n) is 20.2. The molecule has 1 atom stereocenters. The Morgan fingerprint density at radius 2 is 1.94 bits per heavy atom. The molecule has 1 N–H and O–H groups in total. The number of carboxylic acid groups (broad SMARTS) is 1. The number of methoxy groups -OCH3 is 1. The summed E-state index contributed by atoms with van der Waals surface area (Å²) in [6.45, 7) is 4.70. The molecule has 0 saturated carbocycles. The fourth-order valence-corrected chi connectivity index (χ4v) is 4.02. The zero-order chi connectivity index (χ0) is 25.5. The van der Waals surface area contributed by atoms with Crippen LogP contribution in [0.25, 0.3) is 16.7 Å². The van der Waals surface area contributed by atoms with Crippen LogP contribution in [-0.2, 0) is 16.1 Å². The maximum atomic E-state index is 14.8. The summed E-state index contributed by atoms with van der Waals surface area (Å²) < 4.78 is 38.0. The van der Waals surface area contributed by atoms with Crippen LogP contribution in [0, 0.1) is 5.82 Å². The summed E-state index contributed by atoms with van der Waals surface area (Å²) in [6, 6.07) is 17.2. The first-order valence-electron chi connectivity index (χ1n) is 11.8. The zero-order valence-corrected chi connectivity index (χ0v) is 20.2. The van der Waals surface area contributed by atoms with Crippen LogP contribution in [0.1, 0.15) is 36.8 Å². The van der Waals surface area contributed by atoms with E-state index in [2.05, 4.69) is 6.58 Å². The molecule has 188 valence electrons. The number of halogens is 1. The molecule has 0 radical (unpaired) electrons. The van der Waals surface area contributed by atoms with Gasteiger partial charge in [-0.3, -0.25) is 4.79 Å². The van der Waals surface area contributed by atoms with Crippen LogP contribution in [0.3, 0.4) is 0 Å². The molecule has 3 aromatic carbocycles. The van der Waals surface area contributed by atoms with Crippen LogP contribution >= 0.6 is 0 Å². The van der Waals surface area contributed by atoms with Gasteiger partial charge in [-0.25, -0.2) is 4.39 Å². The molecular formula is C29H29FO6. The Morgan fingerprint density at radius 1 is 1.08 bits per heavy atom. The van der Waals surface area contributed by atoms with Crippen molar-refractivity contribution in [2.45, 2.75) is 38.6 Å². The van der Waals surface area contributed by atoms with Crippen molar-refractivity contribution in [1.82, 2.24) is 0 Å². The van der Waals surface area contributed by atoms with Crippen LogP contribution in [0.2, 0.25) is 0 Å². The molecule has 1 aliphatic heterocycles. The number of benzene rings is 3. The number of ether oxygens (including phenoxy) is 4. The molecule has 0 aromatic heterocycles. The molecule has 0 amide bonds. The maximum Gasteiger partial charge on any atom is 0.307 e. The Hall–Kier alpha value is -3.84. The van der Waals surface area contributed by atoms with Crippen molar-refractivity contribution in [1.29, 1.82) is 0 Å². The van der Waals surface area contributed by atoms with Crippen molar-refractivity contribution < 1.29 is 33.2 Å². The second-order valence-electron chi connectivity index (χ2n) is 8.58. The van der Waals surface area contributed by atoms with Crippen molar-refractivity contribution in [2.75, 3.05) is 13.7 Å². The highest BCUT2D eigenvalue weighted by Crippen LogP contribution is 2.36. The number of carboxylic acids is 1. The number of hydrogen-bond acceptors (Lipinski definition) is 5. The standard InChI is InChI=1S/C29H29FO6/c1-19(14-28(31)32)21-6-5-7-23(16-21)35-18-20-9-11-24(25-17-22(33-2)10-12-26(25)30)27(15-20)36-29-8-3-4-13-34-29/h5-7,9-12,15-17,29H,1,3-4,8,13-14,18H2,2H3,(H,31,32). The predicted octanol–water partition coefficient (Wildman–Crippen LogP) is 6.47. The first kappa shape index (κ1) is 25.3. The molecule has 0 bridgehead atoms. The van der Waals surface area contributed by atoms with E-state index < -0.39 is 12.3 Å². The van der Waals surface area contributed by atoms with Gasteiger partial charge in [0.2, 0.25) is 0 Å². The molecule has 1 fully saturated rings. The van der Waals surface area contributed by atoms with E-state index in [1.54, 1.807) is 42.5 Å². The van der Waals surface area contributed by atoms with E-state index in [-0.39, 0.29) is 18.8 Å². The van der Waals surface area contributed by atoms with Gasteiger partial charge < -0.3 is 24.1 Å². The van der Waals surface area contributed by atoms with Gasteiger partial charge >= 0.3 is 5.97 Å². The van der Waals surface area contributed by atoms with Gasteiger partial charge in [0, 0.05) is 17.5 Å². The summed E-state index contributed by atoms with van der Waals surface area (Å²) in [6.07, 6.45) is 2.20. The fraction of sp³-hybridized carbons (Fsp3) is 0.276. The Kier molecular flexibility index (Phi) is 8.23. The van der Waals surface area contributed by atoms with Gasteiger partial charge in [-0.2, -0.15) is 0 Å². The molecule has 1 saturated heterocycles. The first-order valence-corrected chi connectivity index (χ1v) is 11.8. The minimum atomic E-state index is -0.937. The van der Waals surface area contributed by atoms with Gasteiger partial charge in [-0.1, -0.05) is 30.8 Å². The minimum Gasteiger partial charge on any atom is -0.497 e. The van der Waals surface area contributed by atoms with Gasteiger partial charge in [-0.15, -0.1) is 0 Å². The molecule has 0 spiro atoms. The second kappa shape index (κ2) is 11.7. The number of carbonyl (C=O) groups is 1. The molecule has 3 aromatic rings. The molecule has 6 nitrogen and oxygen atoms in total. The van der Waals surface area contributed by atoms with E-state index in [1.165, 1.54) is 13.2 Å². The van der Waals surface area contributed by atoms with E-state index in [0.29, 0.717) is 46.1 Å². The third-order valence-corrected chi connectivity index (χ3v) is 5.92. The molecule has 4 rings (SSSR count). The lowest BCUT2D eigenvalue weighted by molar-refractivity contribution is -0.135. The quantitative estimate of drug-likeness (QED) is 0.350. The Bertz CT molecular complexity index is 1230. The van der Waals surface area contributed by atoms with Crippen molar-refractivity contribution >= 4 is 11.5 Å². The summed E-state index contributed by atoms with van der Waals surface area (Å²) in [4.78, 5) is 11.0. The van der Waals surface area contributed by atoms with E-state index in [4.69, 9.17) is 24.1 Å². The maximum absolute atomic E-state index is 14.8. The Balaban J connectivity index is 1.58. The SMILES string of the molecule is C=C(CC(=O)O)c1cccc(OCc2ccc(-c3cc(OC)ccc3F)c(OC3CCCCO3)c2)c1. The molecule has 1 heterocycles. The lowest BCUT2D eigenvalue weighted by Crippen LogP contribution is -2.25. The number of hydrogen-bond donors (Lipinski definition) is 1. The van der Waals surface area contributed by atoms with Gasteiger partial charge in [0.25, 0.3) is 0 Å². The summed E-state index contributed by atoms with van der Waals surface area (Å²) in [5.41, 5.74) is 2.99. The number of rotatable bonds is 10. The van der Waals surface area contributed by atoms with Crippen LogP contribution in [0.5, 0.6) is 17.2 Å². The van der Waals surface area contributed by atoms with E-state index in [0.717, 1.165) is 24.8 Å². The largest absolute Gasteiger partial charge is 0.497 e. The van der Waals surface area contributed by atoms with Crippen LogP contribution in [-0.4, -0.2) is 31.1 Å². The van der Waals surface area contributed by atoms with Crippen LogP contribution in [0.15, 0.2) is 67.2 Å². The normalized spacial score (nSPS) is 15.2. The van der Waals surface area contributed by atoms with Crippen molar-refractivity contribution in [2.24, 2.45) is 0 Å². The van der Waals surface area contributed by atoms with Crippen LogP contribution in [0.4, 0.5) is 4.39 Å². The van der Waals surface area contributed by atoms with Crippen molar-refractivity contribution in [3.63, 3.8) is 0 Å². The Labute approximate surface area is 209 Å². The Morgan fingerprint density at radius 3 is 2.69 bits per heavy atom. The summed E-state index contributed by atoms with van der Waals surface area (Å²) in [5.74, 6) is 0.308. The van der Waals surface area contributed by atoms with E-state index in [1.807, 2.05) is 12.1 Å². The van der Waals surface area contributed by atoms with Gasteiger partial charge in [0.15, 0.2) is 6.29 Å². The molecular weight excluding hydrogens is 463 g/mol. The highest BCUT2D eigenvalue weighted by atomic mass is 19.1. The van der Waals surface area contributed by atoms with Crippen molar-refractivity contribution in [3.8, 4) is 28.4 Å². The monoisotopic (exact) mass is 492 g/mol. The predicted molar refractivity (Wildman–Crippen MR) is 135 cm³/mol. The summed E-state index contributed by atoms with van der Waals surface area (Å²) in [7, 11) is 1.54.